The van der Waals surface area contributed by atoms with Crippen molar-refractivity contribution < 1.29 is 0 Å². The lowest BCUT2D eigenvalue weighted by Crippen LogP contribution is -2.00. The van der Waals surface area contributed by atoms with Crippen LogP contribution in [0.2, 0.25) is 0 Å². The molecule has 0 bridgehead atoms. The second-order valence-electron chi connectivity index (χ2n) is 4.12. The van der Waals surface area contributed by atoms with Gasteiger partial charge in [0.25, 0.3) is 0 Å². The molecule has 3 aromatic rings. The van der Waals surface area contributed by atoms with Gasteiger partial charge in [-0.1, -0.05) is 0 Å². The molecule has 0 saturated carbocycles. The van der Waals surface area contributed by atoms with Gasteiger partial charge < -0.3 is 5.32 Å². The molecule has 0 amide bonds. The fourth-order valence-corrected chi connectivity index (χ4v) is 2.45. The average Bonchev–Trinajstić information content (AvgIpc) is 3.08. The number of rotatable bonds is 4. The maximum absolute atomic E-state index is 4.42. The normalized spacial score (nSPS) is 10.6. The summed E-state index contributed by atoms with van der Waals surface area (Å²) in [7, 11) is 0. The van der Waals surface area contributed by atoms with Crippen molar-refractivity contribution in [2.75, 3.05) is 5.32 Å². The first-order valence-corrected chi connectivity index (χ1v) is 6.79. The van der Waals surface area contributed by atoms with E-state index in [1.54, 1.807) is 22.3 Å². The molecule has 0 aliphatic rings. The van der Waals surface area contributed by atoms with Crippen LogP contribution in [-0.2, 0) is 6.54 Å². The van der Waals surface area contributed by atoms with Crippen molar-refractivity contribution in [2.24, 2.45) is 0 Å². The standard InChI is InChI=1S/C13H13N5S/c1-10-7-19-13(17-10)6-15-11-2-4-12(5-3-11)18-9-14-8-16-18/h2-5,7-9,15H,6H2,1H3. The van der Waals surface area contributed by atoms with E-state index < -0.39 is 0 Å². The second kappa shape index (κ2) is 5.19. The van der Waals surface area contributed by atoms with Crippen LogP contribution >= 0.6 is 11.3 Å². The summed E-state index contributed by atoms with van der Waals surface area (Å²) in [6.45, 7) is 2.76. The van der Waals surface area contributed by atoms with Crippen molar-refractivity contribution in [3.8, 4) is 5.69 Å². The highest BCUT2D eigenvalue weighted by molar-refractivity contribution is 7.09. The molecule has 1 aromatic carbocycles. The van der Waals surface area contributed by atoms with Crippen LogP contribution in [-0.4, -0.2) is 19.7 Å². The smallest absolute Gasteiger partial charge is 0.138 e. The number of hydrogen-bond acceptors (Lipinski definition) is 5. The molecule has 0 aliphatic carbocycles. The van der Waals surface area contributed by atoms with Crippen molar-refractivity contribution in [1.29, 1.82) is 0 Å². The summed E-state index contributed by atoms with van der Waals surface area (Å²) in [6.07, 6.45) is 3.21. The summed E-state index contributed by atoms with van der Waals surface area (Å²) in [5.74, 6) is 0. The Balaban J connectivity index is 1.66. The van der Waals surface area contributed by atoms with Crippen molar-refractivity contribution in [2.45, 2.75) is 13.5 Å². The topological polar surface area (TPSA) is 55.6 Å². The van der Waals surface area contributed by atoms with Crippen LogP contribution in [0.4, 0.5) is 5.69 Å². The SMILES string of the molecule is Cc1csc(CNc2ccc(-n3cncn3)cc2)n1. The molecular formula is C13H13N5S. The zero-order chi connectivity index (χ0) is 13.1. The third-order valence-corrected chi connectivity index (χ3v) is 3.63. The van der Waals surface area contributed by atoms with E-state index in [1.165, 1.54) is 6.33 Å². The molecule has 19 heavy (non-hydrogen) atoms. The molecule has 0 aliphatic heterocycles. The molecular weight excluding hydrogens is 258 g/mol. The van der Waals surface area contributed by atoms with Crippen LogP contribution in [0.25, 0.3) is 5.69 Å². The Hall–Kier alpha value is -2.21. The van der Waals surface area contributed by atoms with Crippen LogP contribution in [0, 0.1) is 6.92 Å². The number of nitrogens with one attached hydrogen (secondary N) is 1. The van der Waals surface area contributed by atoms with E-state index in [9.17, 15) is 0 Å². The lowest BCUT2D eigenvalue weighted by molar-refractivity contribution is 0.879. The Labute approximate surface area is 115 Å². The van der Waals surface area contributed by atoms with Crippen molar-refractivity contribution in [3.05, 3.63) is 53.0 Å². The first kappa shape index (κ1) is 11.9. The molecule has 5 nitrogen and oxygen atoms in total. The highest BCUT2D eigenvalue weighted by atomic mass is 32.1. The number of benzene rings is 1. The van der Waals surface area contributed by atoms with Crippen LogP contribution in [0.5, 0.6) is 0 Å². The second-order valence-corrected chi connectivity index (χ2v) is 5.07. The van der Waals surface area contributed by atoms with E-state index in [2.05, 4.69) is 25.8 Å². The van der Waals surface area contributed by atoms with Gasteiger partial charge in [0.1, 0.15) is 17.7 Å². The predicted octanol–water partition coefficient (Wildman–Crippen LogP) is 2.64. The maximum atomic E-state index is 4.42. The molecule has 6 heteroatoms. The lowest BCUT2D eigenvalue weighted by Gasteiger charge is -2.05. The fraction of sp³-hybridized carbons (Fsp3) is 0.154. The molecule has 2 heterocycles. The Kier molecular flexibility index (Phi) is 3.24. The zero-order valence-corrected chi connectivity index (χ0v) is 11.3. The van der Waals surface area contributed by atoms with Gasteiger partial charge in [0, 0.05) is 16.8 Å². The Bertz CT molecular complexity index is 642. The van der Waals surface area contributed by atoms with Crippen LogP contribution in [0.1, 0.15) is 10.7 Å². The molecule has 0 fully saturated rings. The van der Waals surface area contributed by atoms with Gasteiger partial charge in [-0.25, -0.2) is 14.6 Å². The minimum absolute atomic E-state index is 0.751. The Morgan fingerprint density at radius 2 is 2.11 bits per heavy atom. The zero-order valence-electron chi connectivity index (χ0n) is 10.4. The van der Waals surface area contributed by atoms with Crippen molar-refractivity contribution >= 4 is 17.0 Å². The minimum Gasteiger partial charge on any atom is -0.379 e. The van der Waals surface area contributed by atoms with Gasteiger partial charge >= 0.3 is 0 Å². The van der Waals surface area contributed by atoms with Crippen LogP contribution < -0.4 is 5.32 Å². The molecule has 1 N–H and O–H groups in total. The van der Waals surface area contributed by atoms with Gasteiger partial charge in [-0.05, 0) is 31.2 Å². The number of aryl methyl sites for hydroxylation is 1. The van der Waals surface area contributed by atoms with Gasteiger partial charge in [0.15, 0.2) is 0 Å². The molecule has 0 radical (unpaired) electrons. The highest BCUT2D eigenvalue weighted by Crippen LogP contribution is 2.15. The summed E-state index contributed by atoms with van der Waals surface area (Å²) in [4.78, 5) is 8.35. The summed E-state index contributed by atoms with van der Waals surface area (Å²) >= 11 is 1.67. The number of aromatic nitrogens is 4. The number of anilines is 1. The Morgan fingerprint density at radius 1 is 1.26 bits per heavy atom. The molecule has 96 valence electrons. The van der Waals surface area contributed by atoms with Crippen LogP contribution in [0.15, 0.2) is 42.3 Å². The van der Waals surface area contributed by atoms with E-state index in [4.69, 9.17) is 0 Å². The number of hydrogen-bond donors (Lipinski definition) is 1. The van der Waals surface area contributed by atoms with Gasteiger partial charge in [-0.2, -0.15) is 5.10 Å². The maximum Gasteiger partial charge on any atom is 0.138 e. The summed E-state index contributed by atoms with van der Waals surface area (Å²) in [6, 6.07) is 8.06. The van der Waals surface area contributed by atoms with E-state index >= 15 is 0 Å². The van der Waals surface area contributed by atoms with E-state index in [1.807, 2.05) is 31.2 Å². The average molecular weight is 271 g/mol. The van der Waals surface area contributed by atoms with Crippen LogP contribution in [0.3, 0.4) is 0 Å². The van der Waals surface area contributed by atoms with Gasteiger partial charge in [-0.15, -0.1) is 11.3 Å². The number of thiazole rings is 1. The summed E-state index contributed by atoms with van der Waals surface area (Å²) in [5.41, 5.74) is 3.13. The summed E-state index contributed by atoms with van der Waals surface area (Å²) in [5, 5.41) is 10.6. The predicted molar refractivity (Wildman–Crippen MR) is 75.5 cm³/mol. The van der Waals surface area contributed by atoms with Gasteiger partial charge in [0.05, 0.1) is 12.2 Å². The first-order valence-electron chi connectivity index (χ1n) is 5.91. The highest BCUT2D eigenvalue weighted by Gasteiger charge is 2.00. The van der Waals surface area contributed by atoms with Gasteiger partial charge in [-0.3, -0.25) is 0 Å². The molecule has 2 aromatic heterocycles. The summed E-state index contributed by atoms with van der Waals surface area (Å²) < 4.78 is 1.73. The third kappa shape index (κ3) is 2.79. The molecule has 0 saturated heterocycles. The molecule has 0 spiro atoms. The van der Waals surface area contributed by atoms with E-state index in [0.717, 1.165) is 28.6 Å². The Morgan fingerprint density at radius 3 is 2.74 bits per heavy atom. The quantitative estimate of drug-likeness (QED) is 0.792. The fourth-order valence-electron chi connectivity index (χ4n) is 1.74. The lowest BCUT2D eigenvalue weighted by atomic mass is 10.3. The third-order valence-electron chi connectivity index (χ3n) is 2.66. The largest absolute Gasteiger partial charge is 0.379 e. The van der Waals surface area contributed by atoms with Crippen molar-refractivity contribution in [3.63, 3.8) is 0 Å². The monoisotopic (exact) mass is 271 g/mol. The molecule has 0 unspecified atom stereocenters. The first-order chi connectivity index (χ1) is 9.31. The molecule has 3 rings (SSSR count). The minimum atomic E-state index is 0.751. The van der Waals surface area contributed by atoms with Crippen molar-refractivity contribution in [1.82, 2.24) is 19.7 Å². The van der Waals surface area contributed by atoms with E-state index in [-0.39, 0.29) is 0 Å². The number of nitrogens with zero attached hydrogens (tertiary/aromatic N) is 4. The van der Waals surface area contributed by atoms with Gasteiger partial charge in [0.2, 0.25) is 0 Å². The van der Waals surface area contributed by atoms with E-state index in [0.29, 0.717) is 0 Å². The molecule has 0 atom stereocenters.